The number of hydrogen-bond donors (Lipinski definition) is 1. The Morgan fingerprint density at radius 2 is 2.04 bits per heavy atom. The number of nitrogens with one attached hydrogen (secondary N) is 1. The first-order valence-corrected chi connectivity index (χ1v) is 8.54. The predicted molar refractivity (Wildman–Crippen MR) is 93.0 cm³/mol. The van der Waals surface area contributed by atoms with Crippen LogP contribution in [0.3, 0.4) is 0 Å². The number of hydrogen-bond acceptors (Lipinski definition) is 3. The largest absolute Gasteiger partial charge is 0.338 e. The fourth-order valence-corrected chi connectivity index (χ4v) is 3.68. The van der Waals surface area contributed by atoms with Gasteiger partial charge in [0.15, 0.2) is 4.77 Å². The van der Waals surface area contributed by atoms with E-state index in [0.29, 0.717) is 28.3 Å². The van der Waals surface area contributed by atoms with Crippen LogP contribution in [0.1, 0.15) is 32.6 Å². The number of benzene rings is 1. The third kappa shape index (κ3) is 3.08. The Hall–Kier alpha value is -1.95. The number of likely N-dealkylation sites (N-methyl/N-ethyl adjacent to an activating group) is 1. The molecule has 1 aliphatic carbocycles. The molecule has 6 heteroatoms. The average Bonchev–Trinajstić information content (AvgIpc) is 3.06. The number of carbonyl (C=O) groups excluding carboxylic acids is 1. The van der Waals surface area contributed by atoms with Crippen molar-refractivity contribution in [1.82, 2.24) is 14.5 Å². The lowest BCUT2D eigenvalue weighted by molar-refractivity contribution is -0.133. The first-order valence-electron chi connectivity index (χ1n) is 8.13. The second-order valence-electron chi connectivity index (χ2n) is 5.99. The van der Waals surface area contributed by atoms with Crippen molar-refractivity contribution >= 4 is 29.0 Å². The predicted octanol–water partition coefficient (Wildman–Crippen LogP) is 2.85. The highest BCUT2D eigenvalue weighted by Crippen LogP contribution is 2.23. The number of carbonyl (C=O) groups is 1. The van der Waals surface area contributed by atoms with Gasteiger partial charge in [-0.1, -0.05) is 25.0 Å². The minimum absolute atomic E-state index is 0.00331. The summed E-state index contributed by atoms with van der Waals surface area (Å²) in [6.45, 7) is 2.66. The summed E-state index contributed by atoms with van der Waals surface area (Å²) in [6, 6.07) is 7.53. The quantitative estimate of drug-likeness (QED) is 0.877. The van der Waals surface area contributed by atoms with Gasteiger partial charge in [-0.2, -0.15) is 0 Å². The Morgan fingerprint density at radius 1 is 1.35 bits per heavy atom. The van der Waals surface area contributed by atoms with E-state index in [9.17, 15) is 9.59 Å². The summed E-state index contributed by atoms with van der Waals surface area (Å²) < 4.78 is 1.67. The summed E-state index contributed by atoms with van der Waals surface area (Å²) >= 11 is 5.28. The van der Waals surface area contributed by atoms with E-state index in [2.05, 4.69) is 4.98 Å². The molecule has 1 saturated carbocycles. The third-order valence-electron chi connectivity index (χ3n) is 4.61. The topological polar surface area (TPSA) is 58.1 Å². The van der Waals surface area contributed by atoms with E-state index in [1.165, 1.54) is 17.4 Å². The molecule has 5 nitrogen and oxygen atoms in total. The van der Waals surface area contributed by atoms with Crippen LogP contribution in [0.2, 0.25) is 0 Å². The molecule has 1 aromatic heterocycles. The minimum Gasteiger partial charge on any atom is -0.338 e. The van der Waals surface area contributed by atoms with E-state index in [-0.39, 0.29) is 18.0 Å². The zero-order chi connectivity index (χ0) is 16.4. The Kier molecular flexibility index (Phi) is 4.61. The van der Waals surface area contributed by atoms with Gasteiger partial charge in [-0.25, -0.2) is 0 Å². The molecule has 1 aromatic carbocycles. The maximum atomic E-state index is 12.7. The van der Waals surface area contributed by atoms with Crippen molar-refractivity contribution in [2.24, 2.45) is 0 Å². The number of fused-ring (bicyclic) bond motifs is 1. The summed E-state index contributed by atoms with van der Waals surface area (Å²) in [4.78, 5) is 30.2. The molecule has 0 radical (unpaired) electrons. The monoisotopic (exact) mass is 331 g/mol. The summed E-state index contributed by atoms with van der Waals surface area (Å²) in [5.41, 5.74) is 0.495. The molecule has 1 N–H and O–H groups in total. The summed E-state index contributed by atoms with van der Waals surface area (Å²) in [5, 5.41) is 0.554. The van der Waals surface area contributed by atoms with Gasteiger partial charge in [0.2, 0.25) is 5.91 Å². The van der Waals surface area contributed by atoms with E-state index in [1.54, 1.807) is 6.07 Å². The SMILES string of the molecule is CCN(C(=O)Cn1c(=S)[nH]c2ccccc2c1=O)C1CCCC1. The van der Waals surface area contributed by atoms with Gasteiger partial charge >= 0.3 is 0 Å². The molecule has 0 unspecified atom stereocenters. The van der Waals surface area contributed by atoms with Crippen LogP contribution in [0, 0.1) is 4.77 Å². The Morgan fingerprint density at radius 3 is 2.74 bits per heavy atom. The molecule has 2 aromatic rings. The minimum atomic E-state index is -0.208. The molecule has 0 bridgehead atoms. The number of nitrogens with zero attached hydrogens (tertiary/aromatic N) is 2. The van der Waals surface area contributed by atoms with Crippen molar-refractivity contribution < 1.29 is 4.79 Å². The van der Waals surface area contributed by atoms with Crippen molar-refractivity contribution in [1.29, 1.82) is 0 Å². The molecule has 0 spiro atoms. The lowest BCUT2D eigenvalue weighted by Crippen LogP contribution is -2.42. The van der Waals surface area contributed by atoms with Crippen LogP contribution in [0.25, 0.3) is 10.9 Å². The van der Waals surface area contributed by atoms with Gasteiger partial charge in [0.25, 0.3) is 5.56 Å². The van der Waals surface area contributed by atoms with E-state index >= 15 is 0 Å². The van der Waals surface area contributed by atoms with E-state index in [4.69, 9.17) is 12.2 Å². The van der Waals surface area contributed by atoms with Gasteiger partial charge in [0, 0.05) is 12.6 Å². The van der Waals surface area contributed by atoms with Gasteiger partial charge in [0.1, 0.15) is 6.54 Å². The molecular formula is C17H21N3O2S. The standard InChI is InChI=1S/C17H21N3O2S/c1-2-19(12-7-3-4-8-12)15(21)11-20-16(22)13-9-5-6-10-14(13)18-17(20)23/h5-6,9-10,12H,2-4,7-8,11H2,1H3,(H,18,23). The van der Waals surface area contributed by atoms with Gasteiger partial charge in [-0.3, -0.25) is 14.2 Å². The molecular weight excluding hydrogens is 310 g/mol. The molecule has 1 fully saturated rings. The van der Waals surface area contributed by atoms with Gasteiger partial charge in [0.05, 0.1) is 10.9 Å². The zero-order valence-electron chi connectivity index (χ0n) is 13.2. The number of H-pyrrole nitrogens is 1. The van der Waals surface area contributed by atoms with Crippen molar-refractivity contribution in [2.75, 3.05) is 6.54 Å². The first kappa shape index (κ1) is 15.9. The van der Waals surface area contributed by atoms with Crippen molar-refractivity contribution in [3.05, 3.63) is 39.4 Å². The fourth-order valence-electron chi connectivity index (χ4n) is 3.42. The van der Waals surface area contributed by atoms with Crippen LogP contribution >= 0.6 is 12.2 Å². The number of para-hydroxylation sites is 1. The van der Waals surface area contributed by atoms with E-state index < -0.39 is 0 Å². The molecule has 0 aliphatic heterocycles. The Bertz CT molecular complexity index is 834. The normalized spacial score (nSPS) is 15.2. The summed E-state index contributed by atoms with van der Waals surface area (Å²) in [6.07, 6.45) is 4.45. The third-order valence-corrected chi connectivity index (χ3v) is 4.93. The van der Waals surface area contributed by atoms with Crippen LogP contribution in [-0.2, 0) is 11.3 Å². The lowest BCUT2D eigenvalue weighted by Gasteiger charge is -2.28. The Labute approximate surface area is 139 Å². The van der Waals surface area contributed by atoms with Crippen LogP contribution in [0.4, 0.5) is 0 Å². The highest BCUT2D eigenvalue weighted by Gasteiger charge is 2.25. The highest BCUT2D eigenvalue weighted by atomic mass is 32.1. The van der Waals surface area contributed by atoms with E-state index in [0.717, 1.165) is 12.8 Å². The van der Waals surface area contributed by atoms with Crippen molar-refractivity contribution in [3.63, 3.8) is 0 Å². The van der Waals surface area contributed by atoms with Gasteiger partial charge in [-0.15, -0.1) is 0 Å². The Balaban J connectivity index is 1.93. The first-order chi connectivity index (χ1) is 11.1. The second kappa shape index (κ2) is 6.66. The number of aromatic amines is 1. The molecule has 122 valence electrons. The molecule has 0 atom stereocenters. The highest BCUT2D eigenvalue weighted by molar-refractivity contribution is 7.71. The van der Waals surface area contributed by atoms with Crippen LogP contribution < -0.4 is 5.56 Å². The summed E-state index contributed by atoms with van der Waals surface area (Å²) in [7, 11) is 0. The molecule has 3 rings (SSSR count). The molecule has 0 saturated heterocycles. The van der Waals surface area contributed by atoms with E-state index in [1.807, 2.05) is 30.0 Å². The van der Waals surface area contributed by atoms with Crippen LogP contribution in [0.5, 0.6) is 0 Å². The van der Waals surface area contributed by atoms with Crippen LogP contribution in [0.15, 0.2) is 29.1 Å². The maximum absolute atomic E-state index is 12.7. The van der Waals surface area contributed by atoms with Crippen molar-refractivity contribution in [3.8, 4) is 0 Å². The molecule has 23 heavy (non-hydrogen) atoms. The number of rotatable bonds is 4. The maximum Gasteiger partial charge on any atom is 0.262 e. The van der Waals surface area contributed by atoms with Crippen LogP contribution in [-0.4, -0.2) is 32.9 Å². The molecule has 1 heterocycles. The number of amides is 1. The smallest absolute Gasteiger partial charge is 0.262 e. The fraction of sp³-hybridized carbons (Fsp3) is 0.471. The van der Waals surface area contributed by atoms with Gasteiger partial charge < -0.3 is 9.88 Å². The molecule has 1 amide bonds. The molecule has 1 aliphatic rings. The second-order valence-corrected chi connectivity index (χ2v) is 6.37. The zero-order valence-corrected chi connectivity index (χ0v) is 14.1. The number of aromatic nitrogens is 2. The summed E-state index contributed by atoms with van der Waals surface area (Å²) in [5.74, 6) is -0.0312. The van der Waals surface area contributed by atoms with Crippen molar-refractivity contribution in [2.45, 2.75) is 45.2 Å². The average molecular weight is 331 g/mol. The van der Waals surface area contributed by atoms with Gasteiger partial charge in [-0.05, 0) is 44.1 Å². The lowest BCUT2D eigenvalue weighted by atomic mass is 10.2.